The molecule has 1 fully saturated rings. The summed E-state index contributed by atoms with van der Waals surface area (Å²) in [6.07, 6.45) is 6.87. The van der Waals surface area contributed by atoms with E-state index in [1.165, 1.54) is 37.0 Å². The average Bonchev–Trinajstić information content (AvgIpc) is 2.86. The Hall–Kier alpha value is 0.180. The smallest absolute Gasteiger partial charge is 0.0174 e. The summed E-state index contributed by atoms with van der Waals surface area (Å²) in [5, 5.41) is 2.17. The Bertz CT molecular complexity index is 239. The molecule has 13 heavy (non-hydrogen) atoms. The van der Waals surface area contributed by atoms with Gasteiger partial charge in [-0.15, -0.1) is 11.3 Å². The van der Waals surface area contributed by atoms with Crippen LogP contribution in [0.25, 0.3) is 0 Å². The van der Waals surface area contributed by atoms with Crippen LogP contribution in [0.2, 0.25) is 0 Å². The summed E-state index contributed by atoms with van der Waals surface area (Å²) in [6, 6.07) is 4.39. The molecule has 0 aliphatic heterocycles. The normalized spacial score (nSPS) is 18.8. The fraction of sp³-hybridized carbons (Fsp3) is 0.636. The summed E-state index contributed by atoms with van der Waals surface area (Å²) in [5.41, 5.74) is 0. The first-order chi connectivity index (χ1) is 6.36. The topological polar surface area (TPSA) is 0 Å². The first kappa shape index (κ1) is 9.72. The Balaban J connectivity index is 1.63. The van der Waals surface area contributed by atoms with Gasteiger partial charge in [0.1, 0.15) is 0 Å². The van der Waals surface area contributed by atoms with Crippen molar-refractivity contribution in [2.24, 2.45) is 5.92 Å². The number of aryl methyl sites for hydroxylation is 1. The molecule has 1 atom stereocenters. The van der Waals surface area contributed by atoms with Gasteiger partial charge in [0.25, 0.3) is 0 Å². The van der Waals surface area contributed by atoms with Crippen LogP contribution in [0.1, 0.15) is 30.6 Å². The van der Waals surface area contributed by atoms with Crippen LogP contribution in [-0.2, 0) is 6.42 Å². The Labute approximate surface area is 92.5 Å². The van der Waals surface area contributed by atoms with Crippen molar-refractivity contribution in [3.8, 4) is 0 Å². The quantitative estimate of drug-likeness (QED) is 0.694. The average molecular weight is 259 g/mol. The lowest BCUT2D eigenvalue weighted by atomic mass is 10.1. The highest BCUT2D eigenvalue weighted by molar-refractivity contribution is 9.09. The Kier molecular flexibility index (Phi) is 3.45. The van der Waals surface area contributed by atoms with Crippen LogP contribution >= 0.6 is 27.3 Å². The molecule has 1 aliphatic rings. The van der Waals surface area contributed by atoms with Gasteiger partial charge in [-0.3, -0.25) is 0 Å². The maximum Gasteiger partial charge on any atom is 0.0174 e. The molecule has 2 rings (SSSR count). The predicted octanol–water partition coefficient (Wildman–Crippen LogP) is 4.24. The lowest BCUT2D eigenvalue weighted by Gasteiger charge is -2.06. The third-order valence-electron chi connectivity index (χ3n) is 2.62. The third kappa shape index (κ3) is 3.10. The number of halogens is 1. The van der Waals surface area contributed by atoms with Crippen molar-refractivity contribution >= 4 is 27.3 Å². The molecule has 1 saturated carbocycles. The number of alkyl halides is 1. The molecule has 0 nitrogen and oxygen atoms in total. The summed E-state index contributed by atoms with van der Waals surface area (Å²) in [5.74, 6) is 1.00. The molecule has 72 valence electrons. The molecule has 0 saturated heterocycles. The molecule has 2 heteroatoms. The van der Waals surface area contributed by atoms with E-state index in [0.29, 0.717) is 0 Å². The fourth-order valence-electron chi connectivity index (χ4n) is 1.62. The van der Waals surface area contributed by atoms with E-state index in [-0.39, 0.29) is 0 Å². The van der Waals surface area contributed by atoms with Gasteiger partial charge in [0.05, 0.1) is 0 Å². The van der Waals surface area contributed by atoms with E-state index in [9.17, 15) is 0 Å². The van der Waals surface area contributed by atoms with Crippen molar-refractivity contribution in [3.05, 3.63) is 22.4 Å². The number of rotatable bonds is 5. The summed E-state index contributed by atoms with van der Waals surface area (Å²) < 4.78 is 0. The van der Waals surface area contributed by atoms with Crippen molar-refractivity contribution < 1.29 is 0 Å². The number of hydrogen-bond donors (Lipinski definition) is 0. The molecule has 0 spiro atoms. The molecule has 1 aliphatic carbocycles. The summed E-state index contributed by atoms with van der Waals surface area (Å²) in [4.78, 5) is 2.34. The van der Waals surface area contributed by atoms with Crippen molar-refractivity contribution in [2.75, 3.05) is 0 Å². The minimum Gasteiger partial charge on any atom is -0.149 e. The fourth-order valence-corrected chi connectivity index (χ4v) is 3.22. The monoisotopic (exact) mass is 258 g/mol. The molecule has 1 aromatic rings. The van der Waals surface area contributed by atoms with E-state index >= 15 is 0 Å². The van der Waals surface area contributed by atoms with E-state index in [1.54, 1.807) is 0 Å². The van der Waals surface area contributed by atoms with Crippen molar-refractivity contribution in [2.45, 2.75) is 36.9 Å². The molecular weight excluding hydrogens is 244 g/mol. The van der Waals surface area contributed by atoms with Crippen molar-refractivity contribution in [1.82, 2.24) is 0 Å². The van der Waals surface area contributed by atoms with E-state index in [1.807, 2.05) is 11.3 Å². The van der Waals surface area contributed by atoms with Gasteiger partial charge in [0.2, 0.25) is 0 Å². The Morgan fingerprint density at radius 3 is 3.00 bits per heavy atom. The molecule has 0 aromatic carbocycles. The zero-order chi connectivity index (χ0) is 9.10. The SMILES string of the molecule is BrC(CCCc1cccs1)C1CC1. The lowest BCUT2D eigenvalue weighted by Crippen LogP contribution is -2.00. The highest BCUT2D eigenvalue weighted by atomic mass is 79.9. The Morgan fingerprint density at radius 2 is 2.38 bits per heavy atom. The summed E-state index contributed by atoms with van der Waals surface area (Å²) in [6.45, 7) is 0. The van der Waals surface area contributed by atoms with Crippen molar-refractivity contribution in [3.63, 3.8) is 0 Å². The maximum atomic E-state index is 3.77. The van der Waals surface area contributed by atoms with E-state index < -0.39 is 0 Å². The molecule has 0 N–H and O–H groups in total. The minimum absolute atomic E-state index is 0.799. The molecule has 0 amide bonds. The molecule has 0 bridgehead atoms. The van der Waals surface area contributed by atoms with Crippen LogP contribution in [0.15, 0.2) is 17.5 Å². The van der Waals surface area contributed by atoms with Gasteiger partial charge in [0, 0.05) is 9.70 Å². The van der Waals surface area contributed by atoms with Crippen LogP contribution < -0.4 is 0 Å². The van der Waals surface area contributed by atoms with Crippen LogP contribution in [0.3, 0.4) is 0 Å². The largest absolute Gasteiger partial charge is 0.149 e. The van der Waals surface area contributed by atoms with Gasteiger partial charge in [-0.25, -0.2) is 0 Å². The molecule has 1 unspecified atom stereocenters. The molecular formula is C11H15BrS. The van der Waals surface area contributed by atoms with E-state index in [4.69, 9.17) is 0 Å². The Morgan fingerprint density at radius 1 is 1.54 bits per heavy atom. The highest BCUT2D eigenvalue weighted by Gasteiger charge is 2.28. The predicted molar refractivity (Wildman–Crippen MR) is 62.7 cm³/mol. The van der Waals surface area contributed by atoms with Gasteiger partial charge in [-0.1, -0.05) is 22.0 Å². The lowest BCUT2D eigenvalue weighted by molar-refractivity contribution is 0.656. The zero-order valence-electron chi connectivity index (χ0n) is 7.71. The summed E-state index contributed by atoms with van der Waals surface area (Å²) >= 11 is 5.66. The highest BCUT2D eigenvalue weighted by Crippen LogP contribution is 2.38. The first-order valence-corrected chi connectivity index (χ1v) is 6.82. The second-order valence-corrected chi connectivity index (χ2v) is 6.03. The van der Waals surface area contributed by atoms with Crippen LogP contribution in [-0.4, -0.2) is 4.83 Å². The standard InChI is InChI=1S/C11H15BrS/c12-11(9-6-7-9)5-1-3-10-4-2-8-13-10/h2,4,8-9,11H,1,3,5-7H2. The van der Waals surface area contributed by atoms with Gasteiger partial charge >= 0.3 is 0 Å². The minimum atomic E-state index is 0.799. The number of thiophene rings is 1. The van der Waals surface area contributed by atoms with Gasteiger partial charge in [0.15, 0.2) is 0 Å². The van der Waals surface area contributed by atoms with E-state index in [0.717, 1.165) is 10.7 Å². The zero-order valence-corrected chi connectivity index (χ0v) is 10.1. The van der Waals surface area contributed by atoms with Crippen molar-refractivity contribution in [1.29, 1.82) is 0 Å². The summed E-state index contributed by atoms with van der Waals surface area (Å²) in [7, 11) is 0. The van der Waals surface area contributed by atoms with Crippen LogP contribution in [0.4, 0.5) is 0 Å². The molecule has 1 heterocycles. The second-order valence-electron chi connectivity index (χ2n) is 3.83. The molecule has 1 aromatic heterocycles. The van der Waals surface area contributed by atoms with Gasteiger partial charge in [-0.2, -0.15) is 0 Å². The second kappa shape index (κ2) is 4.61. The third-order valence-corrected chi connectivity index (χ3v) is 4.76. The molecule has 0 radical (unpaired) electrons. The maximum absolute atomic E-state index is 3.77. The number of hydrogen-bond acceptors (Lipinski definition) is 1. The van der Waals surface area contributed by atoms with Gasteiger partial charge in [-0.05, 0) is 49.5 Å². The van der Waals surface area contributed by atoms with Crippen LogP contribution in [0.5, 0.6) is 0 Å². The first-order valence-electron chi connectivity index (χ1n) is 5.03. The van der Waals surface area contributed by atoms with Gasteiger partial charge < -0.3 is 0 Å². The van der Waals surface area contributed by atoms with E-state index in [2.05, 4.69) is 33.4 Å². The van der Waals surface area contributed by atoms with Crippen LogP contribution in [0, 0.1) is 5.92 Å².